The lowest BCUT2D eigenvalue weighted by atomic mass is 9.97. The first-order valence-electron chi connectivity index (χ1n) is 10.2. The number of nitrogens with zero attached hydrogens (tertiary/aromatic N) is 2. The number of rotatable bonds is 4. The first kappa shape index (κ1) is 22.0. The van der Waals surface area contributed by atoms with E-state index < -0.39 is 23.4 Å². The van der Waals surface area contributed by atoms with Crippen LogP contribution in [0.1, 0.15) is 47.5 Å². The lowest BCUT2D eigenvalue weighted by molar-refractivity contribution is -0.137. The molecular weight excluding hydrogens is 423 g/mol. The molecule has 6 nitrogen and oxygen atoms in total. The highest BCUT2D eigenvalue weighted by Gasteiger charge is 2.31. The van der Waals surface area contributed by atoms with E-state index in [1.54, 1.807) is 26.8 Å². The fraction of sp³-hybridized carbons (Fsp3) is 0.348. The highest BCUT2D eigenvalue weighted by Crippen LogP contribution is 2.34. The zero-order valence-corrected chi connectivity index (χ0v) is 17.8. The summed E-state index contributed by atoms with van der Waals surface area (Å²) in [4.78, 5) is 21.4. The SMILES string of the molecule is Cc1nc(N[C@H](C)c2cccc(C(F)(F)F)c2)c2c(C)c(C3=CCOCC3)c(=O)oc2n1. The van der Waals surface area contributed by atoms with Gasteiger partial charge in [0.05, 0.1) is 29.7 Å². The normalized spacial score (nSPS) is 15.5. The fourth-order valence-corrected chi connectivity index (χ4v) is 3.88. The maximum absolute atomic E-state index is 13.1. The highest BCUT2D eigenvalue weighted by atomic mass is 19.4. The third-order valence-electron chi connectivity index (χ3n) is 5.48. The van der Waals surface area contributed by atoms with E-state index in [0.717, 1.165) is 17.7 Å². The van der Waals surface area contributed by atoms with E-state index in [-0.39, 0.29) is 5.71 Å². The Morgan fingerprint density at radius 2 is 1.97 bits per heavy atom. The van der Waals surface area contributed by atoms with Gasteiger partial charge in [-0.25, -0.2) is 9.78 Å². The van der Waals surface area contributed by atoms with E-state index in [1.165, 1.54) is 6.07 Å². The van der Waals surface area contributed by atoms with Crippen LogP contribution in [0.15, 0.2) is 39.6 Å². The van der Waals surface area contributed by atoms with Gasteiger partial charge in [0.2, 0.25) is 5.71 Å². The molecule has 0 unspecified atom stereocenters. The minimum absolute atomic E-state index is 0.134. The van der Waals surface area contributed by atoms with Crippen LogP contribution >= 0.6 is 0 Å². The summed E-state index contributed by atoms with van der Waals surface area (Å²) < 4.78 is 50.3. The zero-order valence-electron chi connectivity index (χ0n) is 17.8. The van der Waals surface area contributed by atoms with Gasteiger partial charge in [-0.1, -0.05) is 18.2 Å². The van der Waals surface area contributed by atoms with Gasteiger partial charge in [0.15, 0.2) is 0 Å². The number of aromatic nitrogens is 2. The number of nitrogens with one attached hydrogen (secondary N) is 1. The summed E-state index contributed by atoms with van der Waals surface area (Å²) in [5.74, 6) is 0.768. The summed E-state index contributed by atoms with van der Waals surface area (Å²) in [5.41, 5.74) is 1.32. The van der Waals surface area contributed by atoms with Crippen molar-refractivity contribution in [3.8, 4) is 0 Å². The molecule has 1 atom stereocenters. The van der Waals surface area contributed by atoms with Gasteiger partial charge in [0.25, 0.3) is 0 Å². The molecule has 4 rings (SSSR count). The molecule has 2 aromatic heterocycles. The second-order valence-corrected chi connectivity index (χ2v) is 7.73. The van der Waals surface area contributed by atoms with E-state index >= 15 is 0 Å². The number of alkyl halides is 3. The Balaban J connectivity index is 1.80. The Labute approximate surface area is 182 Å². The molecule has 1 aliphatic heterocycles. The van der Waals surface area contributed by atoms with Crippen molar-refractivity contribution in [2.45, 2.75) is 39.4 Å². The van der Waals surface area contributed by atoms with Gasteiger partial charge in [0, 0.05) is 6.04 Å². The van der Waals surface area contributed by atoms with Crippen LogP contribution < -0.4 is 10.9 Å². The average Bonchev–Trinajstić information content (AvgIpc) is 2.73. The smallest absolute Gasteiger partial charge is 0.403 e. The predicted molar refractivity (Wildman–Crippen MR) is 114 cm³/mol. The van der Waals surface area contributed by atoms with Crippen LogP contribution in [0, 0.1) is 13.8 Å². The van der Waals surface area contributed by atoms with Crippen LogP contribution in [0.4, 0.5) is 19.0 Å². The van der Waals surface area contributed by atoms with E-state index in [2.05, 4.69) is 15.3 Å². The Morgan fingerprint density at radius 1 is 1.19 bits per heavy atom. The van der Waals surface area contributed by atoms with Crippen LogP contribution in [0.2, 0.25) is 0 Å². The van der Waals surface area contributed by atoms with Gasteiger partial charge in [0.1, 0.15) is 11.6 Å². The Kier molecular flexibility index (Phi) is 5.77. The van der Waals surface area contributed by atoms with Crippen molar-refractivity contribution in [2.75, 3.05) is 18.5 Å². The van der Waals surface area contributed by atoms with Crippen molar-refractivity contribution in [2.24, 2.45) is 0 Å². The molecule has 0 aliphatic carbocycles. The van der Waals surface area contributed by atoms with Crippen LogP contribution in [0.25, 0.3) is 16.7 Å². The molecule has 1 aromatic carbocycles. The van der Waals surface area contributed by atoms with E-state index in [0.29, 0.717) is 53.4 Å². The number of hydrogen-bond acceptors (Lipinski definition) is 6. The van der Waals surface area contributed by atoms with Crippen molar-refractivity contribution in [3.63, 3.8) is 0 Å². The van der Waals surface area contributed by atoms with Crippen LogP contribution in [-0.4, -0.2) is 23.2 Å². The van der Waals surface area contributed by atoms with Gasteiger partial charge in [-0.2, -0.15) is 18.2 Å². The van der Waals surface area contributed by atoms with Gasteiger partial charge in [-0.3, -0.25) is 0 Å². The molecule has 1 N–H and O–H groups in total. The molecule has 0 saturated heterocycles. The number of ether oxygens (including phenoxy) is 1. The maximum atomic E-state index is 13.1. The Morgan fingerprint density at radius 3 is 2.66 bits per heavy atom. The number of hydrogen-bond donors (Lipinski definition) is 1. The standard InChI is InChI=1S/C23H22F3N3O3/c1-12-18(15-7-9-31-10-8-15)22(30)32-21-19(12)20(28-14(3)29-21)27-13(2)16-5-4-6-17(11-16)23(24,25)26/h4-7,11,13H,8-10H2,1-3H3,(H,27,28,29)/t13-/m1/s1. The van der Waals surface area contributed by atoms with Crippen molar-refractivity contribution >= 4 is 22.5 Å². The predicted octanol–water partition coefficient (Wildman–Crippen LogP) is 5.20. The number of anilines is 1. The van der Waals surface area contributed by atoms with Crippen molar-refractivity contribution in [1.29, 1.82) is 0 Å². The average molecular weight is 445 g/mol. The summed E-state index contributed by atoms with van der Waals surface area (Å²) in [6.07, 6.45) is -2.00. The summed E-state index contributed by atoms with van der Waals surface area (Å²) in [7, 11) is 0. The second-order valence-electron chi connectivity index (χ2n) is 7.73. The highest BCUT2D eigenvalue weighted by molar-refractivity contribution is 5.92. The lowest BCUT2D eigenvalue weighted by Crippen LogP contribution is -2.16. The third kappa shape index (κ3) is 4.25. The van der Waals surface area contributed by atoms with E-state index in [9.17, 15) is 18.0 Å². The largest absolute Gasteiger partial charge is 0.416 e. The van der Waals surface area contributed by atoms with Crippen molar-refractivity contribution < 1.29 is 22.3 Å². The van der Waals surface area contributed by atoms with Crippen LogP contribution in [0.5, 0.6) is 0 Å². The molecule has 9 heteroatoms. The molecular formula is C23H22F3N3O3. The molecule has 0 fully saturated rings. The second kappa shape index (κ2) is 8.38. The Hall–Kier alpha value is -3.20. The van der Waals surface area contributed by atoms with Crippen molar-refractivity contribution in [3.05, 3.63) is 68.8 Å². The molecule has 0 radical (unpaired) electrons. The monoisotopic (exact) mass is 445 g/mol. The molecule has 0 saturated carbocycles. The van der Waals surface area contributed by atoms with Crippen LogP contribution in [0.3, 0.4) is 0 Å². The number of aryl methyl sites for hydroxylation is 2. The fourth-order valence-electron chi connectivity index (χ4n) is 3.88. The molecule has 32 heavy (non-hydrogen) atoms. The topological polar surface area (TPSA) is 77.3 Å². The summed E-state index contributed by atoms with van der Waals surface area (Å²) >= 11 is 0. The maximum Gasteiger partial charge on any atom is 0.416 e. The minimum Gasteiger partial charge on any atom is -0.403 e. The molecule has 168 valence electrons. The zero-order chi connectivity index (χ0) is 23.0. The first-order valence-corrected chi connectivity index (χ1v) is 10.2. The molecule has 3 aromatic rings. The van der Waals surface area contributed by atoms with Gasteiger partial charge < -0.3 is 14.5 Å². The van der Waals surface area contributed by atoms with Crippen molar-refractivity contribution in [1.82, 2.24) is 9.97 Å². The first-order chi connectivity index (χ1) is 15.1. The summed E-state index contributed by atoms with van der Waals surface area (Å²) in [6.45, 7) is 6.11. The quantitative estimate of drug-likeness (QED) is 0.595. The minimum atomic E-state index is -4.43. The molecule has 0 spiro atoms. The van der Waals surface area contributed by atoms with Gasteiger partial charge >= 0.3 is 11.8 Å². The molecule has 0 bridgehead atoms. The summed E-state index contributed by atoms with van der Waals surface area (Å²) in [5, 5.41) is 3.71. The number of benzene rings is 1. The van der Waals surface area contributed by atoms with Gasteiger partial charge in [-0.15, -0.1) is 0 Å². The molecule has 3 heterocycles. The lowest BCUT2D eigenvalue weighted by Gasteiger charge is -2.20. The molecule has 1 aliphatic rings. The number of fused-ring (bicyclic) bond motifs is 1. The summed E-state index contributed by atoms with van der Waals surface area (Å²) in [6, 6.07) is 4.65. The Bertz CT molecular complexity index is 1270. The third-order valence-corrected chi connectivity index (χ3v) is 5.48. The molecule has 0 amide bonds. The van der Waals surface area contributed by atoms with Crippen LogP contribution in [-0.2, 0) is 10.9 Å². The van der Waals surface area contributed by atoms with E-state index in [4.69, 9.17) is 9.15 Å². The van der Waals surface area contributed by atoms with Gasteiger partial charge in [-0.05, 0) is 56.0 Å². The number of halogens is 3. The van der Waals surface area contributed by atoms with E-state index in [1.807, 2.05) is 6.08 Å².